The van der Waals surface area contributed by atoms with E-state index in [1.165, 1.54) is 19.3 Å². The molecule has 0 spiro atoms. The molecule has 1 heterocycles. The van der Waals surface area contributed by atoms with E-state index >= 15 is 0 Å². The minimum Gasteiger partial charge on any atom is -0.387 e. The lowest BCUT2D eigenvalue weighted by molar-refractivity contribution is -0.236. The van der Waals surface area contributed by atoms with Crippen LogP contribution in [0.15, 0.2) is 0 Å². The SMILES string of the molecule is CC1(C)[C@@H]2CC(OSC3CCCN3)[C@@](C)(O)[C@H]1C2. The van der Waals surface area contributed by atoms with Gasteiger partial charge in [-0.25, -0.2) is 0 Å². The summed E-state index contributed by atoms with van der Waals surface area (Å²) in [6.07, 6.45) is 4.60. The molecule has 0 aromatic rings. The first-order valence-corrected chi connectivity index (χ1v) is 8.00. The van der Waals surface area contributed by atoms with Crippen molar-refractivity contribution in [3.63, 3.8) is 0 Å². The number of fused-ring (bicyclic) bond motifs is 2. The Morgan fingerprint density at radius 2 is 2.06 bits per heavy atom. The summed E-state index contributed by atoms with van der Waals surface area (Å²) in [5, 5.41) is 14.6. The molecule has 2 N–H and O–H groups in total. The lowest BCUT2D eigenvalue weighted by Gasteiger charge is -2.64. The van der Waals surface area contributed by atoms with Gasteiger partial charge in [-0.05, 0) is 56.4 Å². The van der Waals surface area contributed by atoms with Gasteiger partial charge in [0.1, 0.15) is 6.10 Å². The molecule has 0 radical (unpaired) electrons. The van der Waals surface area contributed by atoms with Crippen molar-refractivity contribution in [3.05, 3.63) is 0 Å². The molecule has 104 valence electrons. The number of hydrogen-bond donors (Lipinski definition) is 2. The molecule has 1 aliphatic heterocycles. The average molecular weight is 271 g/mol. The van der Waals surface area contributed by atoms with Crippen LogP contribution in [0.3, 0.4) is 0 Å². The van der Waals surface area contributed by atoms with Gasteiger partial charge < -0.3 is 14.6 Å². The zero-order chi connectivity index (χ0) is 13.0. The topological polar surface area (TPSA) is 41.5 Å². The fraction of sp³-hybridized carbons (Fsp3) is 1.00. The molecule has 2 bridgehead atoms. The molecule has 0 amide bonds. The van der Waals surface area contributed by atoms with Crippen LogP contribution in [0.1, 0.15) is 46.5 Å². The van der Waals surface area contributed by atoms with Crippen LogP contribution >= 0.6 is 12.0 Å². The molecular formula is C14H25NO2S. The molecule has 0 aromatic carbocycles. The second kappa shape index (κ2) is 4.37. The summed E-state index contributed by atoms with van der Waals surface area (Å²) in [7, 11) is 0. The van der Waals surface area contributed by atoms with Crippen molar-refractivity contribution in [3.8, 4) is 0 Å². The molecule has 18 heavy (non-hydrogen) atoms. The van der Waals surface area contributed by atoms with Gasteiger partial charge >= 0.3 is 0 Å². The van der Waals surface area contributed by atoms with Crippen LogP contribution in [0.4, 0.5) is 0 Å². The third-order valence-corrected chi connectivity index (χ3v) is 6.61. The first kappa shape index (κ1) is 13.2. The van der Waals surface area contributed by atoms with E-state index in [2.05, 4.69) is 19.2 Å². The van der Waals surface area contributed by atoms with Crippen molar-refractivity contribution in [1.29, 1.82) is 0 Å². The van der Waals surface area contributed by atoms with E-state index in [4.69, 9.17) is 4.18 Å². The summed E-state index contributed by atoms with van der Waals surface area (Å²) in [4.78, 5) is 0. The Balaban J connectivity index is 1.60. The van der Waals surface area contributed by atoms with E-state index in [0.29, 0.717) is 16.7 Å². The minimum atomic E-state index is -0.663. The summed E-state index contributed by atoms with van der Waals surface area (Å²) < 4.78 is 5.98. The molecule has 3 aliphatic carbocycles. The molecule has 0 aromatic heterocycles. The van der Waals surface area contributed by atoms with Gasteiger partial charge in [0.15, 0.2) is 0 Å². The standard InChI is InChI=1S/C14H25NO2S/c1-13(2)9-7-10(13)14(3,16)11(8-9)17-18-12-5-4-6-15-12/h9-12,15-16H,4-8H2,1-3H3/t9-,10-,11?,12?,14-/m0/s1. The Kier molecular flexibility index (Phi) is 3.21. The molecule has 4 heteroatoms. The zero-order valence-corrected chi connectivity index (χ0v) is 12.4. The highest BCUT2D eigenvalue weighted by Gasteiger charge is 2.63. The summed E-state index contributed by atoms with van der Waals surface area (Å²) in [5.41, 5.74) is -0.372. The highest BCUT2D eigenvalue weighted by atomic mass is 32.2. The van der Waals surface area contributed by atoms with Crippen LogP contribution in [-0.2, 0) is 4.18 Å². The summed E-state index contributed by atoms with van der Waals surface area (Å²) in [6, 6.07) is 0. The third kappa shape index (κ3) is 1.92. The maximum absolute atomic E-state index is 10.8. The van der Waals surface area contributed by atoms with E-state index in [-0.39, 0.29) is 6.10 Å². The van der Waals surface area contributed by atoms with Gasteiger partial charge in [-0.2, -0.15) is 0 Å². The van der Waals surface area contributed by atoms with Gasteiger partial charge in [0.25, 0.3) is 0 Å². The maximum atomic E-state index is 10.8. The van der Waals surface area contributed by atoms with Gasteiger partial charge in [-0.3, -0.25) is 0 Å². The van der Waals surface area contributed by atoms with Crippen molar-refractivity contribution in [2.24, 2.45) is 17.3 Å². The highest BCUT2D eigenvalue weighted by Crippen LogP contribution is 2.63. The first-order valence-electron chi connectivity index (χ1n) is 7.20. The molecule has 3 saturated carbocycles. The average Bonchev–Trinajstić information content (AvgIpc) is 2.78. The Labute approximate surface area is 114 Å². The van der Waals surface area contributed by atoms with Crippen molar-refractivity contribution < 1.29 is 9.29 Å². The maximum Gasteiger partial charge on any atom is 0.101 e. The molecule has 3 nitrogen and oxygen atoms in total. The minimum absolute atomic E-state index is 0.00155. The van der Waals surface area contributed by atoms with Crippen LogP contribution in [-0.4, -0.2) is 28.7 Å². The quantitative estimate of drug-likeness (QED) is 0.774. The molecule has 2 unspecified atom stereocenters. The molecule has 4 fully saturated rings. The monoisotopic (exact) mass is 271 g/mol. The second-order valence-electron chi connectivity index (χ2n) is 7.03. The summed E-state index contributed by atoms with van der Waals surface area (Å²) >= 11 is 1.54. The van der Waals surface area contributed by atoms with E-state index in [1.54, 1.807) is 12.0 Å². The van der Waals surface area contributed by atoms with Crippen molar-refractivity contribution >= 4 is 12.0 Å². The molecule has 5 atom stereocenters. The second-order valence-corrected chi connectivity index (χ2v) is 7.99. The van der Waals surface area contributed by atoms with Crippen LogP contribution in [0.2, 0.25) is 0 Å². The van der Waals surface area contributed by atoms with E-state index in [9.17, 15) is 5.11 Å². The van der Waals surface area contributed by atoms with Gasteiger partial charge in [0.05, 0.1) is 11.0 Å². The Morgan fingerprint density at radius 1 is 1.28 bits per heavy atom. The predicted octanol–water partition coefficient (Wildman–Crippen LogP) is 2.55. The van der Waals surface area contributed by atoms with Gasteiger partial charge in [-0.15, -0.1) is 0 Å². The van der Waals surface area contributed by atoms with Gasteiger partial charge in [-0.1, -0.05) is 13.8 Å². The Hall–Kier alpha value is 0.230. The Bertz CT molecular complexity index is 326. The number of hydrogen-bond acceptors (Lipinski definition) is 4. The molecule has 4 aliphatic rings. The van der Waals surface area contributed by atoms with Crippen molar-refractivity contribution in [1.82, 2.24) is 5.32 Å². The third-order valence-electron chi connectivity index (χ3n) is 5.63. The molecule has 1 saturated heterocycles. The van der Waals surface area contributed by atoms with Crippen LogP contribution in [0, 0.1) is 17.3 Å². The van der Waals surface area contributed by atoms with E-state index < -0.39 is 5.60 Å². The normalized spacial score (nSPS) is 50.0. The zero-order valence-electron chi connectivity index (χ0n) is 11.6. The first-order chi connectivity index (χ1) is 8.42. The van der Waals surface area contributed by atoms with E-state index in [1.807, 2.05) is 6.92 Å². The predicted molar refractivity (Wildman–Crippen MR) is 74.1 cm³/mol. The fourth-order valence-corrected chi connectivity index (χ4v) is 5.13. The van der Waals surface area contributed by atoms with Crippen LogP contribution in [0.25, 0.3) is 0 Å². The number of aliphatic hydroxyl groups is 1. The van der Waals surface area contributed by atoms with Crippen molar-refractivity contribution in [2.75, 3.05) is 6.54 Å². The fourth-order valence-electron chi connectivity index (χ4n) is 4.13. The largest absolute Gasteiger partial charge is 0.387 e. The number of nitrogens with one attached hydrogen (secondary N) is 1. The molecule has 4 rings (SSSR count). The lowest BCUT2D eigenvalue weighted by atomic mass is 9.43. The smallest absolute Gasteiger partial charge is 0.101 e. The summed E-state index contributed by atoms with van der Waals surface area (Å²) in [6.45, 7) is 7.66. The van der Waals surface area contributed by atoms with Gasteiger partial charge in [0, 0.05) is 12.0 Å². The van der Waals surface area contributed by atoms with Crippen LogP contribution < -0.4 is 5.32 Å². The molecular weight excluding hydrogens is 246 g/mol. The van der Waals surface area contributed by atoms with Gasteiger partial charge in [0.2, 0.25) is 0 Å². The van der Waals surface area contributed by atoms with Crippen LogP contribution in [0.5, 0.6) is 0 Å². The highest BCUT2D eigenvalue weighted by molar-refractivity contribution is 7.95. The van der Waals surface area contributed by atoms with E-state index in [0.717, 1.165) is 18.9 Å². The lowest BCUT2D eigenvalue weighted by Crippen LogP contribution is -2.66. The number of rotatable bonds is 3. The van der Waals surface area contributed by atoms with Crippen molar-refractivity contribution in [2.45, 2.75) is 63.5 Å². The summed E-state index contributed by atoms with van der Waals surface area (Å²) in [5.74, 6) is 1.12. The Morgan fingerprint density at radius 3 is 2.61 bits per heavy atom.